The fourth-order valence-electron chi connectivity index (χ4n) is 2.60. The van der Waals surface area contributed by atoms with E-state index in [1.165, 1.54) is 10.9 Å². The van der Waals surface area contributed by atoms with Gasteiger partial charge in [0.1, 0.15) is 0 Å². The van der Waals surface area contributed by atoms with Gasteiger partial charge in [-0.05, 0) is 23.8 Å². The van der Waals surface area contributed by atoms with Gasteiger partial charge in [-0.1, -0.05) is 24.3 Å². The van der Waals surface area contributed by atoms with Crippen LogP contribution in [-0.2, 0) is 11.3 Å². The van der Waals surface area contributed by atoms with E-state index < -0.39 is 0 Å². The van der Waals surface area contributed by atoms with Crippen LogP contribution in [0.3, 0.4) is 0 Å². The summed E-state index contributed by atoms with van der Waals surface area (Å²) in [5, 5.41) is 1.24. The van der Waals surface area contributed by atoms with Crippen molar-refractivity contribution in [1.82, 2.24) is 9.80 Å². The SMILES string of the molecule is NC(=O)CCCN1CCN(Cc2cccc(P)c2)CC1. The van der Waals surface area contributed by atoms with E-state index in [1.54, 1.807) is 0 Å². The van der Waals surface area contributed by atoms with E-state index in [9.17, 15) is 4.79 Å². The number of nitrogens with two attached hydrogens (primary N) is 1. The minimum absolute atomic E-state index is 0.194. The highest BCUT2D eigenvalue weighted by molar-refractivity contribution is 7.27. The summed E-state index contributed by atoms with van der Waals surface area (Å²) in [5.41, 5.74) is 6.54. The average Bonchev–Trinajstić information content (AvgIpc) is 2.40. The quantitative estimate of drug-likeness (QED) is 0.780. The second kappa shape index (κ2) is 7.72. The molecule has 1 fully saturated rings. The summed E-state index contributed by atoms with van der Waals surface area (Å²) < 4.78 is 0. The van der Waals surface area contributed by atoms with Gasteiger partial charge in [-0.3, -0.25) is 9.69 Å². The van der Waals surface area contributed by atoms with E-state index in [0.717, 1.165) is 45.7 Å². The van der Waals surface area contributed by atoms with E-state index in [4.69, 9.17) is 5.73 Å². The lowest BCUT2D eigenvalue weighted by Gasteiger charge is -2.34. The van der Waals surface area contributed by atoms with E-state index >= 15 is 0 Å². The monoisotopic (exact) mass is 293 g/mol. The predicted octanol–water partition coefficient (Wildman–Crippen LogP) is 0.570. The highest BCUT2D eigenvalue weighted by Crippen LogP contribution is 2.09. The van der Waals surface area contributed by atoms with Gasteiger partial charge in [0.2, 0.25) is 5.91 Å². The van der Waals surface area contributed by atoms with Gasteiger partial charge in [-0.25, -0.2) is 0 Å². The number of carbonyl (C=O) groups excluding carboxylic acids is 1. The Morgan fingerprint density at radius 1 is 1.20 bits per heavy atom. The first-order valence-electron chi connectivity index (χ1n) is 7.21. The topological polar surface area (TPSA) is 49.6 Å². The van der Waals surface area contributed by atoms with Crippen molar-refractivity contribution < 1.29 is 4.79 Å². The van der Waals surface area contributed by atoms with Gasteiger partial charge in [0, 0.05) is 39.1 Å². The Morgan fingerprint density at radius 3 is 2.55 bits per heavy atom. The number of benzene rings is 1. The lowest BCUT2D eigenvalue weighted by molar-refractivity contribution is -0.118. The van der Waals surface area contributed by atoms with Crippen LogP contribution in [0.25, 0.3) is 0 Å². The van der Waals surface area contributed by atoms with Gasteiger partial charge < -0.3 is 10.6 Å². The van der Waals surface area contributed by atoms with Crippen LogP contribution in [-0.4, -0.2) is 48.4 Å². The molecule has 1 aliphatic rings. The Morgan fingerprint density at radius 2 is 1.90 bits per heavy atom. The molecule has 20 heavy (non-hydrogen) atoms. The molecule has 1 saturated heterocycles. The molecule has 110 valence electrons. The molecule has 0 aliphatic carbocycles. The van der Waals surface area contributed by atoms with E-state index in [1.807, 2.05) is 0 Å². The molecule has 1 amide bonds. The van der Waals surface area contributed by atoms with Crippen molar-refractivity contribution in [3.05, 3.63) is 29.8 Å². The first-order chi connectivity index (χ1) is 9.63. The molecule has 2 N–H and O–H groups in total. The third-order valence-corrected chi connectivity index (χ3v) is 4.08. The van der Waals surface area contributed by atoms with Crippen molar-refractivity contribution in [1.29, 1.82) is 0 Å². The molecule has 1 aromatic rings. The molecule has 0 spiro atoms. The van der Waals surface area contributed by atoms with Crippen LogP contribution in [0.2, 0.25) is 0 Å². The molecule has 0 aromatic heterocycles. The molecule has 1 unspecified atom stereocenters. The summed E-state index contributed by atoms with van der Waals surface area (Å²) in [5.74, 6) is -0.194. The summed E-state index contributed by atoms with van der Waals surface area (Å²) in [4.78, 5) is 15.6. The number of piperazine rings is 1. The van der Waals surface area contributed by atoms with Crippen molar-refractivity contribution >= 4 is 20.5 Å². The zero-order chi connectivity index (χ0) is 14.4. The maximum Gasteiger partial charge on any atom is 0.217 e. The number of hydrogen-bond donors (Lipinski definition) is 1. The van der Waals surface area contributed by atoms with Gasteiger partial charge in [0.25, 0.3) is 0 Å². The van der Waals surface area contributed by atoms with E-state index in [0.29, 0.717) is 6.42 Å². The summed E-state index contributed by atoms with van der Waals surface area (Å²) >= 11 is 0. The van der Waals surface area contributed by atoms with Gasteiger partial charge in [-0.15, -0.1) is 9.24 Å². The third-order valence-electron chi connectivity index (χ3n) is 3.72. The van der Waals surface area contributed by atoms with Gasteiger partial charge in [0.15, 0.2) is 0 Å². The molecule has 2 rings (SSSR count). The molecular weight excluding hydrogens is 269 g/mol. The maximum absolute atomic E-state index is 10.7. The second-order valence-electron chi connectivity index (χ2n) is 5.43. The van der Waals surface area contributed by atoms with Crippen LogP contribution in [0, 0.1) is 0 Å². The molecule has 1 atom stereocenters. The minimum atomic E-state index is -0.194. The van der Waals surface area contributed by atoms with Crippen LogP contribution in [0.1, 0.15) is 18.4 Å². The largest absolute Gasteiger partial charge is 0.370 e. The normalized spacial score (nSPS) is 17.2. The standard InChI is InChI=1S/C15H24N3OP/c16-15(19)5-2-6-17-7-9-18(10-8-17)12-13-3-1-4-14(20)11-13/h1,3-4,11H,2,5-10,12,20H2,(H2,16,19). The van der Waals surface area contributed by atoms with Crippen molar-refractivity contribution in [2.24, 2.45) is 5.73 Å². The van der Waals surface area contributed by atoms with Crippen LogP contribution in [0.5, 0.6) is 0 Å². The average molecular weight is 293 g/mol. The molecule has 0 bridgehead atoms. The maximum atomic E-state index is 10.7. The fourth-order valence-corrected chi connectivity index (χ4v) is 2.92. The number of nitrogens with zero attached hydrogens (tertiary/aromatic N) is 2. The van der Waals surface area contributed by atoms with Crippen LogP contribution < -0.4 is 11.0 Å². The van der Waals surface area contributed by atoms with E-state index in [2.05, 4.69) is 43.3 Å². The molecule has 4 nitrogen and oxygen atoms in total. The van der Waals surface area contributed by atoms with Crippen molar-refractivity contribution in [2.45, 2.75) is 19.4 Å². The first-order valence-corrected chi connectivity index (χ1v) is 7.78. The minimum Gasteiger partial charge on any atom is -0.370 e. The molecule has 5 heteroatoms. The first kappa shape index (κ1) is 15.4. The van der Waals surface area contributed by atoms with Gasteiger partial charge >= 0.3 is 0 Å². The number of amides is 1. The lowest BCUT2D eigenvalue weighted by Crippen LogP contribution is -2.46. The summed E-state index contributed by atoms with van der Waals surface area (Å²) in [6, 6.07) is 8.62. The number of primary amides is 1. The zero-order valence-corrected chi connectivity index (χ0v) is 13.1. The molecule has 1 heterocycles. The molecular formula is C15H24N3OP. The van der Waals surface area contributed by atoms with Crippen molar-refractivity contribution in [3.63, 3.8) is 0 Å². The molecule has 1 aliphatic heterocycles. The Hall–Kier alpha value is -0.960. The van der Waals surface area contributed by atoms with E-state index in [-0.39, 0.29) is 5.91 Å². The predicted molar refractivity (Wildman–Crippen MR) is 85.9 cm³/mol. The molecule has 1 aromatic carbocycles. The third kappa shape index (κ3) is 5.20. The summed E-state index contributed by atoms with van der Waals surface area (Å²) in [7, 11) is 2.75. The summed E-state index contributed by atoms with van der Waals surface area (Å²) in [6.07, 6.45) is 1.38. The second-order valence-corrected chi connectivity index (χ2v) is 6.10. The lowest BCUT2D eigenvalue weighted by atomic mass is 10.2. The Labute approximate surface area is 123 Å². The van der Waals surface area contributed by atoms with Crippen LogP contribution in [0.4, 0.5) is 0 Å². The Bertz CT molecular complexity index is 444. The van der Waals surface area contributed by atoms with Gasteiger partial charge in [0.05, 0.1) is 0 Å². The summed E-state index contributed by atoms with van der Waals surface area (Å²) in [6.45, 7) is 6.36. The number of rotatable bonds is 6. The zero-order valence-electron chi connectivity index (χ0n) is 11.9. The molecule has 0 radical (unpaired) electrons. The number of carbonyl (C=O) groups is 1. The fraction of sp³-hybridized carbons (Fsp3) is 0.533. The Kier molecular flexibility index (Phi) is 5.96. The van der Waals surface area contributed by atoms with Gasteiger partial charge in [-0.2, -0.15) is 0 Å². The Balaban J connectivity index is 1.70. The number of hydrogen-bond acceptors (Lipinski definition) is 3. The molecule has 0 saturated carbocycles. The van der Waals surface area contributed by atoms with Crippen molar-refractivity contribution in [3.8, 4) is 0 Å². The van der Waals surface area contributed by atoms with Crippen LogP contribution in [0.15, 0.2) is 24.3 Å². The smallest absolute Gasteiger partial charge is 0.217 e. The van der Waals surface area contributed by atoms with Crippen LogP contribution >= 0.6 is 9.24 Å². The highest BCUT2D eigenvalue weighted by atomic mass is 31.0. The van der Waals surface area contributed by atoms with Crippen molar-refractivity contribution in [2.75, 3.05) is 32.7 Å². The highest BCUT2D eigenvalue weighted by Gasteiger charge is 2.16.